The summed E-state index contributed by atoms with van der Waals surface area (Å²) in [6.45, 7) is 0.104. The van der Waals surface area contributed by atoms with Gasteiger partial charge in [0.1, 0.15) is 11.5 Å². The molecule has 0 saturated heterocycles. The molecular weight excluding hydrogens is 326 g/mol. The quantitative estimate of drug-likeness (QED) is 0.812. The molecule has 1 aliphatic rings. The fraction of sp³-hybridized carbons (Fsp3) is 0.211. The fourth-order valence-corrected chi connectivity index (χ4v) is 2.73. The third-order valence-corrected chi connectivity index (χ3v) is 4.12. The van der Waals surface area contributed by atoms with Gasteiger partial charge in [-0.1, -0.05) is 29.8 Å². The van der Waals surface area contributed by atoms with E-state index in [1.54, 1.807) is 48.5 Å². The zero-order valence-corrected chi connectivity index (χ0v) is 13.7. The molecule has 0 aromatic heterocycles. The average Bonchev–Trinajstić information content (AvgIpc) is 3.05. The Hall–Kier alpha value is -2.30. The summed E-state index contributed by atoms with van der Waals surface area (Å²) in [5, 5.41) is 12.7. The molecule has 5 heteroatoms. The average molecular weight is 344 g/mol. The molecule has 0 fully saturated rings. The zero-order chi connectivity index (χ0) is 16.9. The van der Waals surface area contributed by atoms with Crippen molar-refractivity contribution < 1.29 is 14.6 Å². The second kappa shape index (κ2) is 7.51. The van der Waals surface area contributed by atoms with E-state index in [-0.39, 0.29) is 24.5 Å². The predicted octanol–water partition coefficient (Wildman–Crippen LogP) is 3.80. The summed E-state index contributed by atoms with van der Waals surface area (Å²) in [6.07, 6.45) is 4.58. The van der Waals surface area contributed by atoms with Crippen LogP contribution in [0.15, 0.2) is 60.7 Å². The summed E-state index contributed by atoms with van der Waals surface area (Å²) in [5.74, 6) is 1.20. The van der Waals surface area contributed by atoms with Gasteiger partial charge >= 0.3 is 0 Å². The van der Waals surface area contributed by atoms with E-state index in [1.165, 1.54) is 0 Å². The Kier molecular flexibility index (Phi) is 5.18. The lowest BCUT2D eigenvalue weighted by Gasteiger charge is -2.13. The molecule has 0 saturated carbocycles. The van der Waals surface area contributed by atoms with Crippen molar-refractivity contribution in [2.75, 3.05) is 6.61 Å². The van der Waals surface area contributed by atoms with Crippen molar-refractivity contribution in [3.63, 3.8) is 0 Å². The molecule has 0 unspecified atom stereocenters. The van der Waals surface area contributed by atoms with E-state index in [9.17, 15) is 4.79 Å². The minimum atomic E-state index is -0.162. The number of carbonyl (C=O) groups excluding carboxylic acids is 1. The molecule has 0 radical (unpaired) electrons. The van der Waals surface area contributed by atoms with Crippen molar-refractivity contribution in [3.8, 4) is 11.5 Å². The highest BCUT2D eigenvalue weighted by Crippen LogP contribution is 2.24. The van der Waals surface area contributed by atoms with Gasteiger partial charge in [-0.05, 0) is 48.9 Å². The van der Waals surface area contributed by atoms with Crippen LogP contribution in [-0.4, -0.2) is 23.7 Å². The van der Waals surface area contributed by atoms with Crippen molar-refractivity contribution >= 4 is 17.5 Å². The highest BCUT2D eigenvalue weighted by atomic mass is 35.5. The number of nitrogens with one attached hydrogen (secondary N) is 1. The molecule has 0 bridgehead atoms. The number of hydrogen-bond donors (Lipinski definition) is 2. The summed E-state index contributed by atoms with van der Waals surface area (Å²) in [5.41, 5.74) is 0.530. The molecule has 0 aliphatic heterocycles. The number of aliphatic hydroxyl groups excluding tert-OH is 1. The molecule has 2 atom stereocenters. The number of aliphatic hydroxyl groups is 1. The standard InChI is InChI=1S/C19H18ClNO3/c20-15-5-8-17(9-6-15)24-18-3-1-2-14(11-18)19(23)21-16-7-4-13(10-16)12-22/h1-9,11,13,16,22H,10,12H2,(H,21,23)/t13-,16+/m0/s1. The van der Waals surface area contributed by atoms with E-state index in [1.807, 2.05) is 12.2 Å². The maximum absolute atomic E-state index is 12.4. The van der Waals surface area contributed by atoms with Crippen LogP contribution in [0, 0.1) is 5.92 Å². The normalized spacial score (nSPS) is 19.2. The highest BCUT2D eigenvalue weighted by Gasteiger charge is 2.20. The highest BCUT2D eigenvalue weighted by molar-refractivity contribution is 6.30. The van der Waals surface area contributed by atoms with E-state index >= 15 is 0 Å². The van der Waals surface area contributed by atoms with Crippen LogP contribution in [0.5, 0.6) is 11.5 Å². The summed E-state index contributed by atoms with van der Waals surface area (Å²) >= 11 is 5.85. The van der Waals surface area contributed by atoms with Gasteiger partial charge in [-0.2, -0.15) is 0 Å². The molecule has 124 valence electrons. The third-order valence-electron chi connectivity index (χ3n) is 3.87. The second-order valence-corrected chi connectivity index (χ2v) is 6.16. The summed E-state index contributed by atoms with van der Waals surface area (Å²) in [7, 11) is 0. The van der Waals surface area contributed by atoms with Gasteiger partial charge in [0, 0.05) is 29.2 Å². The van der Waals surface area contributed by atoms with Gasteiger partial charge in [0.2, 0.25) is 0 Å². The Balaban J connectivity index is 1.65. The molecule has 3 rings (SSSR count). The van der Waals surface area contributed by atoms with Gasteiger partial charge in [-0.25, -0.2) is 0 Å². The number of amides is 1. The second-order valence-electron chi connectivity index (χ2n) is 5.73. The van der Waals surface area contributed by atoms with Crippen LogP contribution in [0.1, 0.15) is 16.8 Å². The topological polar surface area (TPSA) is 58.6 Å². The number of halogens is 1. The van der Waals surface area contributed by atoms with E-state index in [4.69, 9.17) is 21.4 Å². The monoisotopic (exact) mass is 343 g/mol. The van der Waals surface area contributed by atoms with Crippen LogP contribution in [-0.2, 0) is 0 Å². The van der Waals surface area contributed by atoms with Crippen LogP contribution in [0.4, 0.5) is 0 Å². The summed E-state index contributed by atoms with van der Waals surface area (Å²) in [4.78, 5) is 12.4. The molecule has 1 amide bonds. The van der Waals surface area contributed by atoms with Gasteiger partial charge in [-0.3, -0.25) is 4.79 Å². The molecule has 4 nitrogen and oxygen atoms in total. The number of hydrogen-bond acceptors (Lipinski definition) is 3. The Labute approximate surface area is 145 Å². The van der Waals surface area contributed by atoms with Crippen molar-refractivity contribution in [2.24, 2.45) is 5.92 Å². The first-order chi connectivity index (χ1) is 11.6. The first-order valence-corrected chi connectivity index (χ1v) is 8.15. The maximum Gasteiger partial charge on any atom is 0.251 e. The first kappa shape index (κ1) is 16.6. The maximum atomic E-state index is 12.4. The minimum Gasteiger partial charge on any atom is -0.457 e. The number of ether oxygens (including phenoxy) is 1. The zero-order valence-electron chi connectivity index (χ0n) is 13.0. The van der Waals surface area contributed by atoms with Crippen molar-refractivity contribution in [1.29, 1.82) is 0 Å². The molecular formula is C19H18ClNO3. The van der Waals surface area contributed by atoms with Crippen molar-refractivity contribution in [1.82, 2.24) is 5.32 Å². The third kappa shape index (κ3) is 4.16. The van der Waals surface area contributed by atoms with Gasteiger partial charge in [0.25, 0.3) is 5.91 Å². The molecule has 2 aromatic rings. The van der Waals surface area contributed by atoms with E-state index in [0.717, 1.165) is 6.42 Å². The van der Waals surface area contributed by atoms with Crippen LogP contribution < -0.4 is 10.1 Å². The Morgan fingerprint density at radius 2 is 1.96 bits per heavy atom. The Morgan fingerprint density at radius 3 is 2.67 bits per heavy atom. The first-order valence-electron chi connectivity index (χ1n) is 7.77. The summed E-state index contributed by atoms with van der Waals surface area (Å²) in [6, 6.07) is 14.0. The molecule has 2 N–H and O–H groups in total. The van der Waals surface area contributed by atoms with Gasteiger partial charge < -0.3 is 15.2 Å². The van der Waals surface area contributed by atoms with Crippen molar-refractivity contribution in [3.05, 3.63) is 71.3 Å². The van der Waals surface area contributed by atoms with Crippen LogP contribution >= 0.6 is 11.6 Å². The number of carbonyl (C=O) groups is 1. The molecule has 2 aromatic carbocycles. The van der Waals surface area contributed by atoms with Gasteiger partial charge in [0.05, 0.1) is 0 Å². The predicted molar refractivity (Wildman–Crippen MR) is 93.6 cm³/mol. The van der Waals surface area contributed by atoms with Crippen LogP contribution in [0.25, 0.3) is 0 Å². The van der Waals surface area contributed by atoms with Gasteiger partial charge in [0.15, 0.2) is 0 Å². The Morgan fingerprint density at radius 1 is 1.17 bits per heavy atom. The van der Waals surface area contributed by atoms with Crippen molar-refractivity contribution in [2.45, 2.75) is 12.5 Å². The minimum absolute atomic E-state index is 0.0458. The Bertz CT molecular complexity index is 743. The largest absolute Gasteiger partial charge is 0.457 e. The lowest BCUT2D eigenvalue weighted by atomic mass is 10.1. The summed E-state index contributed by atoms with van der Waals surface area (Å²) < 4.78 is 5.74. The molecule has 24 heavy (non-hydrogen) atoms. The number of rotatable bonds is 5. The lowest BCUT2D eigenvalue weighted by Crippen LogP contribution is -2.32. The fourth-order valence-electron chi connectivity index (χ4n) is 2.61. The smallest absolute Gasteiger partial charge is 0.251 e. The SMILES string of the molecule is O=C(N[C@@H]1C=C[C@H](CO)C1)c1cccc(Oc2ccc(Cl)cc2)c1. The van der Waals surface area contributed by atoms with E-state index in [2.05, 4.69) is 5.32 Å². The lowest BCUT2D eigenvalue weighted by molar-refractivity contribution is 0.0941. The molecule has 1 aliphatic carbocycles. The van der Waals surface area contributed by atoms with E-state index in [0.29, 0.717) is 22.1 Å². The molecule has 0 heterocycles. The van der Waals surface area contributed by atoms with Crippen LogP contribution in [0.3, 0.4) is 0 Å². The van der Waals surface area contributed by atoms with Gasteiger partial charge in [-0.15, -0.1) is 0 Å². The molecule has 0 spiro atoms. The number of benzene rings is 2. The van der Waals surface area contributed by atoms with Crippen LogP contribution in [0.2, 0.25) is 5.02 Å². The van der Waals surface area contributed by atoms with E-state index < -0.39 is 0 Å².